The Bertz CT molecular complexity index is 453. The first-order valence-corrected chi connectivity index (χ1v) is 4.92. The van der Waals surface area contributed by atoms with Crippen molar-refractivity contribution in [3.8, 4) is 5.69 Å². The molecule has 1 heterocycles. The summed E-state index contributed by atoms with van der Waals surface area (Å²) in [6, 6.07) is 5.89. The number of alkyl halides is 2. The Balaban J connectivity index is 2.31. The van der Waals surface area contributed by atoms with Crippen LogP contribution in [0.4, 0.5) is 8.78 Å². The molecule has 0 saturated carbocycles. The van der Waals surface area contributed by atoms with Gasteiger partial charge in [-0.2, -0.15) is 0 Å². The van der Waals surface area contributed by atoms with Crippen molar-refractivity contribution < 1.29 is 8.78 Å². The van der Waals surface area contributed by atoms with Crippen LogP contribution in [0.1, 0.15) is 12.0 Å². The molecule has 15 heavy (non-hydrogen) atoms. The van der Waals surface area contributed by atoms with Crippen LogP contribution in [-0.2, 0) is 0 Å². The molecule has 2 rings (SSSR count). The summed E-state index contributed by atoms with van der Waals surface area (Å²) in [7, 11) is 0. The van der Waals surface area contributed by atoms with Crippen LogP contribution in [0.3, 0.4) is 0 Å². The minimum Gasteiger partial charge on any atom is -0.220 e. The van der Waals surface area contributed by atoms with Crippen LogP contribution < -0.4 is 0 Å². The summed E-state index contributed by atoms with van der Waals surface area (Å²) in [5.74, 6) is 0. The number of aromatic nitrogens is 3. The van der Waals surface area contributed by atoms with Crippen molar-refractivity contribution in [2.75, 3.05) is 0 Å². The average molecular weight is 274 g/mol. The van der Waals surface area contributed by atoms with Crippen molar-refractivity contribution in [2.24, 2.45) is 0 Å². The minimum absolute atomic E-state index is 0.00192. The van der Waals surface area contributed by atoms with E-state index in [4.69, 9.17) is 0 Å². The summed E-state index contributed by atoms with van der Waals surface area (Å²) in [5.41, 5.74) is 0.690. The molecule has 0 unspecified atom stereocenters. The lowest BCUT2D eigenvalue weighted by atomic mass is 10.2. The predicted molar refractivity (Wildman–Crippen MR) is 54.0 cm³/mol. The van der Waals surface area contributed by atoms with E-state index in [-0.39, 0.29) is 5.56 Å². The summed E-state index contributed by atoms with van der Waals surface area (Å²) in [6.45, 7) is 0. The second kappa shape index (κ2) is 4.06. The molecule has 0 bridgehead atoms. The van der Waals surface area contributed by atoms with E-state index in [1.165, 1.54) is 23.1 Å². The molecule has 0 amide bonds. The van der Waals surface area contributed by atoms with E-state index in [0.717, 1.165) is 0 Å². The molecule has 0 N–H and O–H groups in total. The van der Waals surface area contributed by atoms with E-state index in [2.05, 4.69) is 26.0 Å². The van der Waals surface area contributed by atoms with E-state index in [1.807, 2.05) is 0 Å². The summed E-state index contributed by atoms with van der Waals surface area (Å²) in [6.07, 6.45) is -0.942. The second-order valence-electron chi connectivity index (χ2n) is 2.85. The van der Waals surface area contributed by atoms with Crippen molar-refractivity contribution in [1.29, 1.82) is 0 Å². The van der Waals surface area contributed by atoms with Gasteiger partial charge in [0.05, 0.1) is 5.69 Å². The van der Waals surface area contributed by atoms with Crippen molar-refractivity contribution in [1.82, 2.24) is 14.8 Å². The van der Waals surface area contributed by atoms with E-state index < -0.39 is 6.43 Å². The van der Waals surface area contributed by atoms with E-state index in [9.17, 15) is 8.78 Å². The SMILES string of the molecule is FC(F)c1ccc(-n2cnc(Br)n2)cc1. The molecule has 3 nitrogen and oxygen atoms in total. The molecule has 0 spiro atoms. The minimum atomic E-state index is -2.44. The fraction of sp³-hybridized carbons (Fsp3) is 0.111. The highest BCUT2D eigenvalue weighted by molar-refractivity contribution is 9.10. The summed E-state index contributed by atoms with van der Waals surface area (Å²) in [4.78, 5) is 3.87. The molecule has 0 atom stereocenters. The topological polar surface area (TPSA) is 30.7 Å². The summed E-state index contributed by atoms with van der Waals surface area (Å²) in [5, 5.41) is 3.99. The van der Waals surface area contributed by atoms with E-state index in [1.54, 1.807) is 12.1 Å². The molecule has 0 aliphatic carbocycles. The first kappa shape index (κ1) is 10.2. The third-order valence-corrected chi connectivity index (χ3v) is 2.24. The van der Waals surface area contributed by atoms with Crippen molar-refractivity contribution in [3.05, 3.63) is 40.9 Å². The fourth-order valence-corrected chi connectivity index (χ4v) is 1.40. The number of hydrogen-bond acceptors (Lipinski definition) is 2. The van der Waals surface area contributed by atoms with Crippen molar-refractivity contribution >= 4 is 15.9 Å². The average Bonchev–Trinajstić information content (AvgIpc) is 2.65. The molecular weight excluding hydrogens is 268 g/mol. The highest BCUT2D eigenvalue weighted by Gasteiger charge is 2.06. The highest BCUT2D eigenvalue weighted by Crippen LogP contribution is 2.19. The maximum absolute atomic E-state index is 12.3. The van der Waals surface area contributed by atoms with Gasteiger partial charge in [-0.15, -0.1) is 5.10 Å². The molecule has 78 valence electrons. The zero-order valence-corrected chi connectivity index (χ0v) is 9.03. The van der Waals surface area contributed by atoms with Crippen LogP contribution in [0.15, 0.2) is 35.3 Å². The largest absolute Gasteiger partial charge is 0.263 e. The third-order valence-electron chi connectivity index (χ3n) is 1.87. The van der Waals surface area contributed by atoms with Crippen LogP contribution in [0.5, 0.6) is 0 Å². The monoisotopic (exact) mass is 273 g/mol. The van der Waals surface area contributed by atoms with Crippen LogP contribution in [0.2, 0.25) is 0 Å². The zero-order valence-electron chi connectivity index (χ0n) is 7.44. The van der Waals surface area contributed by atoms with Crippen LogP contribution in [0, 0.1) is 0 Å². The standard InChI is InChI=1S/C9H6BrF2N3/c10-9-13-5-15(14-9)7-3-1-6(2-4-7)8(11)12/h1-5,8H. The van der Waals surface area contributed by atoms with Crippen LogP contribution in [-0.4, -0.2) is 14.8 Å². The maximum atomic E-state index is 12.3. The van der Waals surface area contributed by atoms with Gasteiger partial charge >= 0.3 is 0 Å². The van der Waals surface area contributed by atoms with Crippen molar-refractivity contribution in [2.45, 2.75) is 6.43 Å². The van der Waals surface area contributed by atoms with Gasteiger partial charge in [-0.25, -0.2) is 18.4 Å². The Hall–Kier alpha value is -1.30. The van der Waals surface area contributed by atoms with Crippen LogP contribution in [0.25, 0.3) is 5.69 Å². The molecular formula is C9H6BrF2N3. The summed E-state index contributed by atoms with van der Waals surface area (Å²) < 4.78 is 26.5. The van der Waals surface area contributed by atoms with Gasteiger partial charge in [-0.1, -0.05) is 12.1 Å². The quantitative estimate of drug-likeness (QED) is 0.842. The number of rotatable bonds is 2. The molecule has 0 fully saturated rings. The van der Waals surface area contributed by atoms with Gasteiger partial charge in [0.2, 0.25) is 4.73 Å². The molecule has 0 radical (unpaired) electrons. The van der Waals surface area contributed by atoms with Crippen molar-refractivity contribution in [3.63, 3.8) is 0 Å². The highest BCUT2D eigenvalue weighted by atomic mass is 79.9. The Labute approximate surface area is 92.9 Å². The molecule has 1 aromatic heterocycles. The molecule has 0 aliphatic rings. The number of nitrogens with zero attached hydrogens (tertiary/aromatic N) is 3. The number of hydrogen-bond donors (Lipinski definition) is 0. The Morgan fingerprint density at radius 1 is 1.20 bits per heavy atom. The number of benzene rings is 1. The Morgan fingerprint density at radius 2 is 1.87 bits per heavy atom. The number of halogens is 3. The zero-order chi connectivity index (χ0) is 10.8. The van der Waals surface area contributed by atoms with Gasteiger partial charge in [0.25, 0.3) is 6.43 Å². The van der Waals surface area contributed by atoms with Crippen LogP contribution >= 0.6 is 15.9 Å². The van der Waals surface area contributed by atoms with Gasteiger partial charge in [0, 0.05) is 5.56 Å². The molecule has 1 aromatic carbocycles. The van der Waals surface area contributed by atoms with Gasteiger partial charge in [-0.05, 0) is 28.1 Å². The smallest absolute Gasteiger partial charge is 0.220 e. The third kappa shape index (κ3) is 2.20. The Kier molecular flexibility index (Phi) is 2.77. The van der Waals surface area contributed by atoms with Gasteiger partial charge in [-0.3, -0.25) is 0 Å². The first-order valence-electron chi connectivity index (χ1n) is 4.12. The lowest BCUT2D eigenvalue weighted by molar-refractivity contribution is 0.151. The lowest BCUT2D eigenvalue weighted by Crippen LogP contribution is -1.94. The van der Waals surface area contributed by atoms with E-state index >= 15 is 0 Å². The molecule has 6 heteroatoms. The second-order valence-corrected chi connectivity index (χ2v) is 3.56. The predicted octanol–water partition coefficient (Wildman–Crippen LogP) is 2.97. The lowest BCUT2D eigenvalue weighted by Gasteiger charge is -2.02. The molecule has 0 saturated heterocycles. The summed E-state index contributed by atoms with van der Waals surface area (Å²) >= 11 is 3.10. The van der Waals surface area contributed by atoms with Gasteiger partial charge in [0.15, 0.2) is 0 Å². The Morgan fingerprint density at radius 3 is 2.33 bits per heavy atom. The molecule has 0 aliphatic heterocycles. The first-order chi connectivity index (χ1) is 7.16. The van der Waals surface area contributed by atoms with E-state index in [0.29, 0.717) is 10.4 Å². The molecule has 2 aromatic rings. The maximum Gasteiger partial charge on any atom is 0.263 e. The van der Waals surface area contributed by atoms with Gasteiger partial charge in [0.1, 0.15) is 6.33 Å². The fourth-order valence-electron chi connectivity index (χ4n) is 1.14. The normalized spacial score (nSPS) is 10.9. The van der Waals surface area contributed by atoms with Gasteiger partial charge < -0.3 is 0 Å².